The van der Waals surface area contributed by atoms with Crippen LogP contribution in [0.4, 0.5) is 0 Å². The summed E-state index contributed by atoms with van der Waals surface area (Å²) in [6, 6.07) is 0. The van der Waals surface area contributed by atoms with E-state index in [-0.39, 0.29) is 22.2 Å². The molecular weight excluding hydrogens is 262 g/mol. The van der Waals surface area contributed by atoms with Crippen molar-refractivity contribution >= 4 is 5.91 Å². The Labute approximate surface area is 132 Å². The van der Waals surface area contributed by atoms with Gasteiger partial charge in [0.15, 0.2) is 0 Å². The first-order chi connectivity index (χ1) is 9.33. The molecule has 0 spiro atoms. The van der Waals surface area contributed by atoms with E-state index < -0.39 is 0 Å². The Bertz CT molecular complexity index is 308. The molecule has 0 unspecified atom stereocenters. The Morgan fingerprint density at radius 1 is 0.905 bits per heavy atom. The van der Waals surface area contributed by atoms with Crippen molar-refractivity contribution in [3.63, 3.8) is 0 Å². The van der Waals surface area contributed by atoms with Crippen LogP contribution >= 0.6 is 0 Å². The van der Waals surface area contributed by atoms with Crippen LogP contribution in [-0.4, -0.2) is 25.7 Å². The van der Waals surface area contributed by atoms with Gasteiger partial charge in [0.25, 0.3) is 0 Å². The van der Waals surface area contributed by atoms with Gasteiger partial charge in [-0.3, -0.25) is 4.79 Å². The third kappa shape index (κ3) is 11.7. The van der Waals surface area contributed by atoms with Crippen LogP contribution in [0.2, 0.25) is 0 Å². The number of ether oxygens (including phenoxy) is 1. The molecule has 0 aromatic rings. The van der Waals surface area contributed by atoms with Crippen LogP contribution in [0.25, 0.3) is 0 Å². The Hall–Kier alpha value is -0.570. The second-order valence-electron chi connectivity index (χ2n) is 9.20. The van der Waals surface area contributed by atoms with Gasteiger partial charge in [0.2, 0.25) is 5.91 Å². The number of carbonyl (C=O) groups excluding carboxylic acids is 1. The maximum Gasteiger partial charge on any atom is 0.225 e. The molecule has 0 aliphatic carbocycles. The van der Waals surface area contributed by atoms with E-state index in [1.807, 2.05) is 13.8 Å². The van der Waals surface area contributed by atoms with E-state index in [1.165, 1.54) is 0 Å². The lowest BCUT2D eigenvalue weighted by Gasteiger charge is -2.27. The Kier molecular flexibility index (Phi) is 7.94. The van der Waals surface area contributed by atoms with E-state index in [0.29, 0.717) is 0 Å². The smallest absolute Gasteiger partial charge is 0.225 e. The van der Waals surface area contributed by atoms with Crippen LogP contribution in [0.5, 0.6) is 0 Å². The van der Waals surface area contributed by atoms with Crippen molar-refractivity contribution in [1.82, 2.24) is 5.32 Å². The van der Waals surface area contributed by atoms with Gasteiger partial charge < -0.3 is 10.1 Å². The van der Waals surface area contributed by atoms with Gasteiger partial charge in [0, 0.05) is 18.6 Å². The Morgan fingerprint density at radius 2 is 1.48 bits per heavy atom. The molecule has 0 aromatic carbocycles. The lowest BCUT2D eigenvalue weighted by Crippen LogP contribution is -2.40. The number of hydrogen-bond donors (Lipinski definition) is 1. The molecule has 0 heterocycles. The van der Waals surface area contributed by atoms with Gasteiger partial charge in [-0.2, -0.15) is 0 Å². The van der Waals surface area contributed by atoms with Crippen molar-refractivity contribution in [3.8, 4) is 0 Å². The predicted octanol–water partition coefficient (Wildman–Crippen LogP) is 4.41. The summed E-state index contributed by atoms with van der Waals surface area (Å²) in [6.45, 7) is 19.3. The summed E-state index contributed by atoms with van der Waals surface area (Å²) in [6.07, 6.45) is 2.95. The predicted molar refractivity (Wildman–Crippen MR) is 90.4 cm³/mol. The number of rotatable bonds is 8. The Balaban J connectivity index is 3.89. The average molecular weight is 299 g/mol. The highest BCUT2D eigenvalue weighted by Crippen LogP contribution is 2.24. The van der Waals surface area contributed by atoms with Crippen molar-refractivity contribution in [2.24, 2.45) is 16.2 Å². The van der Waals surface area contributed by atoms with Crippen molar-refractivity contribution < 1.29 is 9.53 Å². The normalized spacial score (nSPS) is 13.3. The minimum absolute atomic E-state index is 0.131. The molecule has 0 bridgehead atoms. The van der Waals surface area contributed by atoms with Crippen molar-refractivity contribution in [2.75, 3.05) is 19.8 Å². The molecule has 3 nitrogen and oxygen atoms in total. The molecule has 0 aromatic heterocycles. The zero-order chi connectivity index (χ0) is 16.7. The van der Waals surface area contributed by atoms with E-state index in [1.54, 1.807) is 0 Å². The fourth-order valence-electron chi connectivity index (χ4n) is 1.85. The zero-order valence-corrected chi connectivity index (χ0v) is 15.6. The number of hydrogen-bond acceptors (Lipinski definition) is 2. The van der Waals surface area contributed by atoms with Gasteiger partial charge in [0.05, 0.1) is 6.61 Å². The highest BCUT2D eigenvalue weighted by molar-refractivity contribution is 5.81. The quantitative estimate of drug-likeness (QED) is 0.674. The molecule has 21 heavy (non-hydrogen) atoms. The third-order valence-electron chi connectivity index (χ3n) is 3.27. The second-order valence-corrected chi connectivity index (χ2v) is 9.20. The lowest BCUT2D eigenvalue weighted by atomic mass is 9.85. The van der Waals surface area contributed by atoms with Gasteiger partial charge in [0.1, 0.15) is 0 Å². The summed E-state index contributed by atoms with van der Waals surface area (Å²) in [4.78, 5) is 12.2. The van der Waals surface area contributed by atoms with E-state index in [9.17, 15) is 4.79 Å². The van der Waals surface area contributed by atoms with E-state index in [2.05, 4.69) is 46.9 Å². The topological polar surface area (TPSA) is 38.3 Å². The van der Waals surface area contributed by atoms with Crippen molar-refractivity contribution in [3.05, 3.63) is 0 Å². The maximum absolute atomic E-state index is 12.2. The number of unbranched alkanes of at least 4 members (excludes halogenated alkanes) is 1. The van der Waals surface area contributed by atoms with Gasteiger partial charge in [-0.1, -0.05) is 61.8 Å². The van der Waals surface area contributed by atoms with Gasteiger partial charge in [-0.25, -0.2) is 0 Å². The highest BCUT2D eigenvalue weighted by atomic mass is 16.5. The summed E-state index contributed by atoms with van der Waals surface area (Å²) in [5.74, 6) is 0.160. The summed E-state index contributed by atoms with van der Waals surface area (Å²) in [5.41, 5.74) is 0.0634. The van der Waals surface area contributed by atoms with Crippen molar-refractivity contribution in [2.45, 2.75) is 74.7 Å². The molecule has 0 saturated heterocycles. The lowest BCUT2D eigenvalue weighted by molar-refractivity contribution is -0.130. The molecule has 1 N–H and O–H groups in total. The largest absolute Gasteiger partial charge is 0.381 e. The van der Waals surface area contributed by atoms with Crippen molar-refractivity contribution in [1.29, 1.82) is 0 Å². The molecule has 0 aliphatic heterocycles. The van der Waals surface area contributed by atoms with Crippen LogP contribution in [0.3, 0.4) is 0 Å². The van der Waals surface area contributed by atoms with Crippen LogP contribution in [0.15, 0.2) is 0 Å². The van der Waals surface area contributed by atoms with E-state index in [4.69, 9.17) is 4.74 Å². The summed E-state index contributed by atoms with van der Waals surface area (Å²) >= 11 is 0. The molecule has 1 amide bonds. The summed E-state index contributed by atoms with van der Waals surface area (Å²) in [7, 11) is 0. The standard InChI is InChI=1S/C18H37NO2/c1-16(2,3)13-19-15(20)18(7,8)11-9-10-12-21-14-17(4,5)6/h9-14H2,1-8H3,(H,19,20). The SMILES string of the molecule is CC(C)(C)CNC(=O)C(C)(C)CCCCOCC(C)(C)C. The van der Waals surface area contributed by atoms with E-state index >= 15 is 0 Å². The third-order valence-corrected chi connectivity index (χ3v) is 3.27. The monoisotopic (exact) mass is 299 g/mol. The molecule has 0 radical (unpaired) electrons. The van der Waals surface area contributed by atoms with Crippen LogP contribution in [0, 0.1) is 16.2 Å². The zero-order valence-electron chi connectivity index (χ0n) is 15.6. The van der Waals surface area contributed by atoms with Crippen LogP contribution in [-0.2, 0) is 9.53 Å². The first kappa shape index (κ1) is 20.4. The minimum Gasteiger partial charge on any atom is -0.381 e. The first-order valence-electron chi connectivity index (χ1n) is 8.20. The Morgan fingerprint density at radius 3 is 1.95 bits per heavy atom. The van der Waals surface area contributed by atoms with Gasteiger partial charge in [-0.15, -0.1) is 0 Å². The molecule has 0 saturated carbocycles. The van der Waals surface area contributed by atoms with Gasteiger partial charge in [-0.05, 0) is 23.7 Å². The number of amides is 1. The second kappa shape index (κ2) is 8.17. The van der Waals surface area contributed by atoms with Crippen LogP contribution in [0.1, 0.15) is 74.7 Å². The molecule has 126 valence electrons. The average Bonchev–Trinajstić information content (AvgIpc) is 2.28. The molecule has 0 fully saturated rings. The maximum atomic E-state index is 12.2. The number of nitrogens with one attached hydrogen (secondary N) is 1. The fraction of sp³-hybridized carbons (Fsp3) is 0.944. The molecule has 3 heteroatoms. The van der Waals surface area contributed by atoms with E-state index in [0.717, 1.165) is 39.0 Å². The summed E-state index contributed by atoms with van der Waals surface area (Å²) < 4.78 is 5.66. The molecular formula is C18H37NO2. The fourth-order valence-corrected chi connectivity index (χ4v) is 1.85. The number of carbonyl (C=O) groups is 1. The van der Waals surface area contributed by atoms with Crippen LogP contribution < -0.4 is 5.32 Å². The molecule has 0 aliphatic rings. The summed E-state index contributed by atoms with van der Waals surface area (Å²) in [5, 5.41) is 3.06. The molecule has 0 atom stereocenters. The van der Waals surface area contributed by atoms with Gasteiger partial charge >= 0.3 is 0 Å². The highest BCUT2D eigenvalue weighted by Gasteiger charge is 2.27. The first-order valence-corrected chi connectivity index (χ1v) is 8.20. The minimum atomic E-state index is -0.296. The molecule has 0 rings (SSSR count).